The SMILES string of the molecule is Fc1ccc(Br)c(F)c1[C@H]1CNCCN1. The van der Waals surface area contributed by atoms with E-state index in [9.17, 15) is 8.78 Å². The van der Waals surface area contributed by atoms with Crippen molar-refractivity contribution in [1.82, 2.24) is 10.6 Å². The molecule has 0 saturated carbocycles. The molecule has 1 saturated heterocycles. The molecular weight excluding hydrogens is 266 g/mol. The largest absolute Gasteiger partial charge is 0.314 e. The lowest BCUT2D eigenvalue weighted by Crippen LogP contribution is -2.43. The van der Waals surface area contributed by atoms with Crippen molar-refractivity contribution in [2.45, 2.75) is 6.04 Å². The Morgan fingerprint density at radius 1 is 1.27 bits per heavy atom. The van der Waals surface area contributed by atoms with Crippen LogP contribution in [0.2, 0.25) is 0 Å². The second-order valence-electron chi connectivity index (χ2n) is 3.47. The van der Waals surface area contributed by atoms with Gasteiger partial charge in [-0.3, -0.25) is 0 Å². The van der Waals surface area contributed by atoms with E-state index < -0.39 is 11.6 Å². The van der Waals surface area contributed by atoms with E-state index in [1.54, 1.807) is 0 Å². The minimum Gasteiger partial charge on any atom is -0.314 e. The minimum atomic E-state index is -0.517. The topological polar surface area (TPSA) is 24.1 Å². The first-order valence-electron chi connectivity index (χ1n) is 4.77. The Morgan fingerprint density at radius 2 is 2.07 bits per heavy atom. The predicted molar refractivity (Wildman–Crippen MR) is 57.7 cm³/mol. The van der Waals surface area contributed by atoms with E-state index in [2.05, 4.69) is 26.6 Å². The highest BCUT2D eigenvalue weighted by molar-refractivity contribution is 9.10. The van der Waals surface area contributed by atoms with Crippen molar-refractivity contribution >= 4 is 15.9 Å². The number of halogens is 3. The maximum atomic E-state index is 13.7. The zero-order valence-corrected chi connectivity index (χ0v) is 9.57. The summed E-state index contributed by atoms with van der Waals surface area (Å²) in [5.41, 5.74) is 0.108. The van der Waals surface area contributed by atoms with Crippen LogP contribution >= 0.6 is 15.9 Å². The van der Waals surface area contributed by atoms with E-state index in [0.29, 0.717) is 11.0 Å². The van der Waals surface area contributed by atoms with E-state index in [-0.39, 0.29) is 11.6 Å². The first-order valence-corrected chi connectivity index (χ1v) is 5.57. The summed E-state index contributed by atoms with van der Waals surface area (Å²) in [5, 5.41) is 6.18. The number of hydrogen-bond donors (Lipinski definition) is 2. The third kappa shape index (κ3) is 2.19. The van der Waals surface area contributed by atoms with E-state index in [1.165, 1.54) is 12.1 Å². The van der Waals surface area contributed by atoms with Crippen molar-refractivity contribution < 1.29 is 8.78 Å². The first-order chi connectivity index (χ1) is 7.20. The summed E-state index contributed by atoms with van der Waals surface area (Å²) < 4.78 is 27.5. The van der Waals surface area contributed by atoms with E-state index >= 15 is 0 Å². The Morgan fingerprint density at radius 3 is 2.73 bits per heavy atom. The van der Waals surface area contributed by atoms with Gasteiger partial charge in [0, 0.05) is 25.2 Å². The highest BCUT2D eigenvalue weighted by Gasteiger charge is 2.23. The summed E-state index contributed by atoms with van der Waals surface area (Å²) in [6, 6.07) is 2.36. The molecule has 2 N–H and O–H groups in total. The molecule has 2 rings (SSSR count). The van der Waals surface area contributed by atoms with E-state index in [4.69, 9.17) is 0 Å². The monoisotopic (exact) mass is 276 g/mol. The van der Waals surface area contributed by atoms with Gasteiger partial charge >= 0.3 is 0 Å². The molecule has 0 radical (unpaired) electrons. The average Bonchev–Trinajstić information content (AvgIpc) is 2.26. The molecule has 0 unspecified atom stereocenters. The quantitative estimate of drug-likeness (QED) is 0.767. The molecule has 0 aliphatic carbocycles. The Hall–Kier alpha value is -0.520. The zero-order chi connectivity index (χ0) is 10.8. The van der Waals surface area contributed by atoms with Crippen LogP contribution in [0.3, 0.4) is 0 Å². The predicted octanol–water partition coefficient (Wildman–Crippen LogP) is 1.96. The standard InChI is InChI=1S/C10H11BrF2N2/c11-6-1-2-7(12)9(10(6)13)8-5-14-3-4-15-8/h1-2,8,14-15H,3-5H2/t8-/m1/s1. The van der Waals surface area contributed by atoms with E-state index in [1.807, 2.05) is 0 Å². The zero-order valence-electron chi connectivity index (χ0n) is 7.99. The Bertz CT molecular complexity index is 365. The lowest BCUT2D eigenvalue weighted by molar-refractivity contribution is 0.400. The fourth-order valence-corrected chi connectivity index (χ4v) is 2.07. The molecule has 0 amide bonds. The second-order valence-corrected chi connectivity index (χ2v) is 4.32. The molecule has 1 atom stereocenters. The number of hydrogen-bond acceptors (Lipinski definition) is 2. The molecule has 1 fully saturated rings. The number of piperazine rings is 1. The summed E-state index contributed by atoms with van der Waals surface area (Å²) in [5.74, 6) is -1.02. The summed E-state index contributed by atoms with van der Waals surface area (Å²) in [6.07, 6.45) is 0. The van der Waals surface area contributed by atoms with Gasteiger partial charge in [0.15, 0.2) is 0 Å². The number of rotatable bonds is 1. The van der Waals surface area contributed by atoms with E-state index in [0.717, 1.165) is 13.1 Å². The van der Waals surface area contributed by atoms with Crippen LogP contribution in [0.5, 0.6) is 0 Å². The average molecular weight is 277 g/mol. The Labute approximate surface area is 95.2 Å². The van der Waals surface area contributed by atoms with Gasteiger partial charge in [0.05, 0.1) is 10.5 Å². The van der Waals surface area contributed by atoms with Crippen LogP contribution in [0.15, 0.2) is 16.6 Å². The molecule has 15 heavy (non-hydrogen) atoms. The van der Waals surface area contributed by atoms with Gasteiger partial charge in [-0.1, -0.05) is 0 Å². The minimum absolute atomic E-state index is 0.108. The maximum absolute atomic E-state index is 13.7. The van der Waals surface area contributed by atoms with Gasteiger partial charge in [0.2, 0.25) is 0 Å². The van der Waals surface area contributed by atoms with Gasteiger partial charge in [0.1, 0.15) is 11.6 Å². The fourth-order valence-electron chi connectivity index (χ4n) is 1.72. The van der Waals surface area contributed by atoms with Crippen molar-refractivity contribution in [1.29, 1.82) is 0 Å². The van der Waals surface area contributed by atoms with Gasteiger partial charge in [-0.25, -0.2) is 8.78 Å². The van der Waals surface area contributed by atoms with Crippen LogP contribution in [-0.4, -0.2) is 19.6 Å². The molecule has 0 bridgehead atoms. The summed E-state index contributed by atoms with van der Waals surface area (Å²) >= 11 is 3.06. The maximum Gasteiger partial charge on any atom is 0.145 e. The number of benzene rings is 1. The molecule has 1 heterocycles. The number of nitrogens with one attached hydrogen (secondary N) is 2. The summed E-state index contributed by atoms with van der Waals surface area (Å²) in [4.78, 5) is 0. The first kappa shape index (κ1) is 11.0. The molecule has 1 aliphatic rings. The molecule has 0 spiro atoms. The molecule has 5 heteroatoms. The molecule has 82 valence electrons. The van der Waals surface area contributed by atoms with Crippen LogP contribution in [-0.2, 0) is 0 Å². The third-order valence-corrected chi connectivity index (χ3v) is 3.08. The van der Waals surface area contributed by atoms with Gasteiger partial charge in [-0.05, 0) is 28.1 Å². The van der Waals surface area contributed by atoms with Crippen molar-refractivity contribution in [2.24, 2.45) is 0 Å². The normalized spacial score (nSPS) is 21.7. The lowest BCUT2D eigenvalue weighted by Gasteiger charge is -2.25. The van der Waals surface area contributed by atoms with Crippen molar-refractivity contribution in [3.63, 3.8) is 0 Å². The molecular formula is C10H11BrF2N2. The Kier molecular flexibility index (Phi) is 3.33. The highest BCUT2D eigenvalue weighted by atomic mass is 79.9. The van der Waals surface area contributed by atoms with Crippen LogP contribution < -0.4 is 10.6 Å². The van der Waals surface area contributed by atoms with Crippen LogP contribution in [0.1, 0.15) is 11.6 Å². The van der Waals surface area contributed by atoms with Crippen molar-refractivity contribution in [3.05, 3.63) is 33.8 Å². The molecule has 1 aromatic rings. The van der Waals surface area contributed by atoms with Gasteiger partial charge in [-0.15, -0.1) is 0 Å². The summed E-state index contributed by atoms with van der Waals surface area (Å²) in [6.45, 7) is 2.09. The van der Waals surface area contributed by atoms with Crippen molar-refractivity contribution in [3.8, 4) is 0 Å². The summed E-state index contributed by atoms with van der Waals surface area (Å²) in [7, 11) is 0. The van der Waals surface area contributed by atoms with Crippen LogP contribution in [0.25, 0.3) is 0 Å². The van der Waals surface area contributed by atoms with Crippen LogP contribution in [0.4, 0.5) is 8.78 Å². The third-order valence-electron chi connectivity index (χ3n) is 2.47. The smallest absolute Gasteiger partial charge is 0.145 e. The van der Waals surface area contributed by atoms with Crippen molar-refractivity contribution in [2.75, 3.05) is 19.6 Å². The van der Waals surface area contributed by atoms with Crippen LogP contribution in [0, 0.1) is 11.6 Å². The van der Waals surface area contributed by atoms with Gasteiger partial charge < -0.3 is 10.6 Å². The molecule has 0 aromatic heterocycles. The van der Waals surface area contributed by atoms with Gasteiger partial charge in [0.25, 0.3) is 0 Å². The highest BCUT2D eigenvalue weighted by Crippen LogP contribution is 2.26. The molecule has 1 aliphatic heterocycles. The molecule has 1 aromatic carbocycles. The Balaban J connectivity index is 2.36. The van der Waals surface area contributed by atoms with Gasteiger partial charge in [-0.2, -0.15) is 0 Å². The lowest BCUT2D eigenvalue weighted by atomic mass is 10.0. The fraction of sp³-hybridized carbons (Fsp3) is 0.400. The second kappa shape index (κ2) is 4.55. The molecule has 2 nitrogen and oxygen atoms in total.